The number of para-hydroxylation sites is 1. The highest BCUT2D eigenvalue weighted by atomic mass is 15.1. The maximum Gasteiger partial charge on any atom is 0.0359 e. The summed E-state index contributed by atoms with van der Waals surface area (Å²) in [4.78, 5) is 2.44. The van der Waals surface area contributed by atoms with Crippen LogP contribution in [-0.4, -0.2) is 10.9 Å². The summed E-state index contributed by atoms with van der Waals surface area (Å²) in [6.07, 6.45) is 0. The number of rotatable bonds is 5. The highest BCUT2D eigenvalue weighted by Crippen LogP contribution is 2.17. The molecule has 2 N–H and O–H groups in total. The summed E-state index contributed by atoms with van der Waals surface area (Å²) in [5.41, 5.74) is 10.8. The van der Waals surface area contributed by atoms with E-state index in [1.54, 1.807) is 0 Å². The molecule has 0 unspecified atom stereocenters. The van der Waals surface area contributed by atoms with Crippen molar-refractivity contribution in [2.75, 3.05) is 5.73 Å². The van der Waals surface area contributed by atoms with Gasteiger partial charge in [-0.25, -0.2) is 0 Å². The summed E-state index contributed by atoms with van der Waals surface area (Å²) in [7, 11) is 0. The van der Waals surface area contributed by atoms with E-state index in [-0.39, 0.29) is 0 Å². The molecule has 0 saturated heterocycles. The average Bonchev–Trinajstić information content (AvgIpc) is 2.42. The quantitative estimate of drug-likeness (QED) is 0.831. The number of nitrogens with two attached hydrogens (primary N) is 1. The Bertz CT molecular complexity index is 544. The molecule has 0 aliphatic rings. The van der Waals surface area contributed by atoms with Crippen LogP contribution >= 0.6 is 0 Å². The minimum atomic E-state index is 0.482. The number of nitrogen functional groups attached to an aromatic ring is 1. The van der Waals surface area contributed by atoms with E-state index < -0.39 is 0 Å². The van der Waals surface area contributed by atoms with Gasteiger partial charge in [-0.2, -0.15) is 0 Å². The first-order valence-electron chi connectivity index (χ1n) is 7.19. The summed E-state index contributed by atoms with van der Waals surface area (Å²) in [6.45, 7) is 8.42. The van der Waals surface area contributed by atoms with Crippen molar-refractivity contribution in [1.82, 2.24) is 4.90 Å². The van der Waals surface area contributed by atoms with Gasteiger partial charge in [0.25, 0.3) is 0 Å². The fraction of sp³-hybridized carbons (Fsp3) is 0.333. The Morgan fingerprint density at radius 3 is 2.20 bits per heavy atom. The van der Waals surface area contributed by atoms with E-state index in [4.69, 9.17) is 5.73 Å². The van der Waals surface area contributed by atoms with Crippen molar-refractivity contribution in [3.05, 3.63) is 65.2 Å². The molecule has 2 nitrogen and oxygen atoms in total. The maximum absolute atomic E-state index is 6.06. The highest BCUT2D eigenvalue weighted by Gasteiger charge is 2.12. The lowest BCUT2D eigenvalue weighted by Gasteiger charge is -2.27. The van der Waals surface area contributed by atoms with Crippen LogP contribution in [0, 0.1) is 6.92 Å². The molecule has 0 spiro atoms. The third-order valence-electron chi connectivity index (χ3n) is 3.67. The second-order valence-corrected chi connectivity index (χ2v) is 5.68. The summed E-state index contributed by atoms with van der Waals surface area (Å²) >= 11 is 0. The molecule has 0 fully saturated rings. The van der Waals surface area contributed by atoms with Gasteiger partial charge in [0.2, 0.25) is 0 Å². The summed E-state index contributed by atoms with van der Waals surface area (Å²) in [5.74, 6) is 0. The molecule has 0 radical (unpaired) electrons. The topological polar surface area (TPSA) is 29.3 Å². The summed E-state index contributed by atoms with van der Waals surface area (Å²) in [5, 5.41) is 0. The zero-order chi connectivity index (χ0) is 14.5. The number of anilines is 1. The lowest BCUT2D eigenvalue weighted by molar-refractivity contribution is 0.204. The molecule has 0 bridgehead atoms. The highest BCUT2D eigenvalue weighted by molar-refractivity contribution is 5.46. The van der Waals surface area contributed by atoms with Crippen LogP contribution in [0.5, 0.6) is 0 Å². The van der Waals surface area contributed by atoms with Gasteiger partial charge in [-0.05, 0) is 38.0 Å². The average molecular weight is 268 g/mol. The molecule has 0 atom stereocenters. The second-order valence-electron chi connectivity index (χ2n) is 5.68. The number of benzene rings is 2. The van der Waals surface area contributed by atoms with E-state index in [0.717, 1.165) is 18.8 Å². The molecule has 2 rings (SSSR count). The van der Waals surface area contributed by atoms with E-state index in [1.165, 1.54) is 16.7 Å². The van der Waals surface area contributed by atoms with Gasteiger partial charge in [0.1, 0.15) is 0 Å². The van der Waals surface area contributed by atoms with Crippen LogP contribution in [0.3, 0.4) is 0 Å². The van der Waals surface area contributed by atoms with Crippen LogP contribution in [0.2, 0.25) is 0 Å². The predicted molar refractivity (Wildman–Crippen MR) is 86.4 cm³/mol. The molecule has 2 aromatic rings. The largest absolute Gasteiger partial charge is 0.398 e. The summed E-state index contributed by atoms with van der Waals surface area (Å²) in [6, 6.07) is 17.4. The van der Waals surface area contributed by atoms with E-state index in [1.807, 2.05) is 12.1 Å². The number of hydrogen-bond donors (Lipinski definition) is 1. The van der Waals surface area contributed by atoms with Crippen LogP contribution in [0.15, 0.2) is 48.5 Å². The van der Waals surface area contributed by atoms with Crippen LogP contribution in [0.4, 0.5) is 5.69 Å². The van der Waals surface area contributed by atoms with Crippen molar-refractivity contribution in [2.45, 2.75) is 39.9 Å². The van der Waals surface area contributed by atoms with Crippen LogP contribution < -0.4 is 5.73 Å². The van der Waals surface area contributed by atoms with Gasteiger partial charge in [0.15, 0.2) is 0 Å². The first-order chi connectivity index (χ1) is 9.56. The molecule has 0 saturated carbocycles. The molecular weight excluding hydrogens is 244 g/mol. The number of nitrogens with zero attached hydrogens (tertiary/aromatic N) is 1. The van der Waals surface area contributed by atoms with Gasteiger partial charge in [0.05, 0.1) is 0 Å². The third kappa shape index (κ3) is 3.84. The Morgan fingerprint density at radius 1 is 0.950 bits per heavy atom. The van der Waals surface area contributed by atoms with E-state index in [0.29, 0.717) is 6.04 Å². The molecule has 0 amide bonds. The molecule has 20 heavy (non-hydrogen) atoms. The van der Waals surface area contributed by atoms with Gasteiger partial charge in [-0.1, -0.05) is 48.0 Å². The molecule has 2 aromatic carbocycles. The molecule has 0 heterocycles. The van der Waals surface area contributed by atoms with E-state index >= 15 is 0 Å². The Kier molecular flexibility index (Phi) is 4.80. The van der Waals surface area contributed by atoms with Crippen molar-refractivity contribution >= 4 is 5.69 Å². The fourth-order valence-electron chi connectivity index (χ4n) is 2.25. The minimum absolute atomic E-state index is 0.482. The Labute approximate surface area is 122 Å². The normalized spacial score (nSPS) is 11.2. The lowest BCUT2D eigenvalue weighted by Crippen LogP contribution is -2.30. The molecule has 2 heteroatoms. The van der Waals surface area contributed by atoms with Gasteiger partial charge in [0, 0.05) is 24.8 Å². The van der Waals surface area contributed by atoms with Gasteiger partial charge in [-0.3, -0.25) is 4.90 Å². The van der Waals surface area contributed by atoms with Crippen molar-refractivity contribution in [3.8, 4) is 0 Å². The summed E-state index contributed by atoms with van der Waals surface area (Å²) < 4.78 is 0. The predicted octanol–water partition coefficient (Wildman–Crippen LogP) is 3.99. The maximum atomic E-state index is 6.06. The van der Waals surface area contributed by atoms with Gasteiger partial charge < -0.3 is 5.73 Å². The SMILES string of the molecule is Cc1ccc(CN(Cc2ccccc2N)C(C)C)cc1. The molecule has 0 aliphatic carbocycles. The smallest absolute Gasteiger partial charge is 0.0359 e. The Balaban J connectivity index is 2.11. The van der Waals surface area contributed by atoms with E-state index in [9.17, 15) is 0 Å². The first-order valence-corrected chi connectivity index (χ1v) is 7.19. The molecule has 0 aliphatic heterocycles. The van der Waals surface area contributed by atoms with E-state index in [2.05, 4.69) is 62.1 Å². The molecule has 0 aromatic heterocycles. The van der Waals surface area contributed by atoms with Crippen molar-refractivity contribution in [3.63, 3.8) is 0 Å². The van der Waals surface area contributed by atoms with Crippen LogP contribution in [0.1, 0.15) is 30.5 Å². The van der Waals surface area contributed by atoms with Crippen LogP contribution in [-0.2, 0) is 13.1 Å². The standard InChI is InChI=1S/C18H24N2/c1-14(2)20(12-16-10-8-15(3)9-11-16)13-17-6-4-5-7-18(17)19/h4-11,14H,12-13,19H2,1-3H3. The van der Waals surface area contributed by atoms with Gasteiger partial charge >= 0.3 is 0 Å². The zero-order valence-corrected chi connectivity index (χ0v) is 12.6. The Morgan fingerprint density at radius 2 is 1.60 bits per heavy atom. The fourth-order valence-corrected chi connectivity index (χ4v) is 2.25. The Hall–Kier alpha value is -1.80. The monoisotopic (exact) mass is 268 g/mol. The van der Waals surface area contributed by atoms with Crippen molar-refractivity contribution < 1.29 is 0 Å². The zero-order valence-electron chi connectivity index (χ0n) is 12.6. The lowest BCUT2D eigenvalue weighted by atomic mass is 10.1. The molecule has 106 valence electrons. The minimum Gasteiger partial charge on any atom is -0.398 e. The number of aryl methyl sites for hydroxylation is 1. The molecular formula is C18H24N2. The van der Waals surface area contributed by atoms with Gasteiger partial charge in [-0.15, -0.1) is 0 Å². The van der Waals surface area contributed by atoms with Crippen molar-refractivity contribution in [2.24, 2.45) is 0 Å². The first kappa shape index (κ1) is 14.6. The van der Waals surface area contributed by atoms with Crippen molar-refractivity contribution in [1.29, 1.82) is 0 Å². The third-order valence-corrected chi connectivity index (χ3v) is 3.67. The second kappa shape index (κ2) is 6.58. The number of hydrogen-bond acceptors (Lipinski definition) is 2. The van der Waals surface area contributed by atoms with Crippen LogP contribution in [0.25, 0.3) is 0 Å².